The van der Waals surface area contributed by atoms with Crippen LogP contribution in [0.2, 0.25) is 0 Å². The Morgan fingerprint density at radius 2 is 1.19 bits per heavy atom. The van der Waals surface area contributed by atoms with Gasteiger partial charge in [0.05, 0.1) is 42.7 Å². The Bertz CT molecular complexity index is 3310. The first-order valence-electron chi connectivity index (χ1n) is 30.8. The molecule has 1 unspecified atom stereocenters. The summed E-state index contributed by atoms with van der Waals surface area (Å²) in [6, 6.07) is 1.50. The predicted molar refractivity (Wildman–Crippen MR) is 338 cm³/mol. The van der Waals surface area contributed by atoms with Gasteiger partial charge < -0.3 is 42.1 Å². The van der Waals surface area contributed by atoms with Crippen LogP contribution in [0.3, 0.4) is 0 Å². The van der Waals surface area contributed by atoms with Gasteiger partial charge in [0.2, 0.25) is 0 Å². The molecule has 31 heteroatoms. The highest BCUT2D eigenvalue weighted by atomic mass is 32.2. The van der Waals surface area contributed by atoms with E-state index in [9.17, 15) is 40.8 Å². The van der Waals surface area contributed by atoms with Gasteiger partial charge in [0.15, 0.2) is 30.4 Å². The van der Waals surface area contributed by atoms with E-state index in [1.165, 1.54) is 31.1 Å². The molecule has 1 N–H and O–H groups in total. The van der Waals surface area contributed by atoms with Crippen LogP contribution in [-0.2, 0) is 58.6 Å². The van der Waals surface area contributed by atoms with Crippen LogP contribution in [0.15, 0.2) is 61.7 Å². The summed E-state index contributed by atoms with van der Waals surface area (Å²) >= 11 is 0. The number of amides is 4. The Hall–Kier alpha value is -8.10. The molecule has 2 fully saturated rings. The first kappa shape index (κ1) is 78.3. The average molecular weight is 1340 g/mol. The maximum atomic E-state index is 13.6. The number of H-pyrrole nitrogens is 1. The molecule has 0 spiro atoms. The van der Waals surface area contributed by atoms with Gasteiger partial charge in [0.1, 0.15) is 40.8 Å². The van der Waals surface area contributed by atoms with Crippen LogP contribution in [0.4, 0.5) is 44.0 Å². The molecule has 2 aliphatic rings. The van der Waals surface area contributed by atoms with Crippen LogP contribution in [0.5, 0.6) is 0 Å². The van der Waals surface area contributed by atoms with Crippen molar-refractivity contribution >= 4 is 51.8 Å². The zero-order valence-corrected chi connectivity index (χ0v) is 57.2. The maximum absolute atomic E-state index is 13.6. The third kappa shape index (κ3) is 24.0. The molecule has 6 rings (SSSR count). The predicted octanol–water partition coefficient (Wildman–Crippen LogP) is 13.7. The highest BCUT2D eigenvalue weighted by molar-refractivity contribution is 7.87. The van der Waals surface area contributed by atoms with Gasteiger partial charge in [-0.3, -0.25) is 9.78 Å². The highest BCUT2D eigenvalue weighted by Gasteiger charge is 2.50. The number of nitriles is 1. The van der Waals surface area contributed by atoms with Crippen molar-refractivity contribution in [2.45, 2.75) is 215 Å². The SMILES string of the molecule is CCOC(Cc1c(-c2cn[nH]c2)ncnc1N(C(=O)OC(C)(C)C)C(=O)OC(C)(C)C)OCC.N#CC=C(OS(=O)(=O)C(F)(F)F)C1CCCC1.[C-]#[N+]/C=C(/C1CCCC1)n1cc(C(c2cncnc2N(C(=O)OC(C)(C)C)C(=O)OC(C)(C)C)C(OCC)OCC)cn1. The molecule has 4 aromatic heterocycles. The van der Waals surface area contributed by atoms with E-state index in [2.05, 4.69) is 44.3 Å². The summed E-state index contributed by atoms with van der Waals surface area (Å²) in [6.45, 7) is 36.8. The van der Waals surface area contributed by atoms with Crippen molar-refractivity contribution in [2.24, 2.45) is 11.8 Å². The van der Waals surface area contributed by atoms with Crippen LogP contribution in [0.25, 0.3) is 21.8 Å². The quantitative estimate of drug-likeness (QED) is 0.0154. The third-order valence-electron chi connectivity index (χ3n) is 13.1. The summed E-state index contributed by atoms with van der Waals surface area (Å²) in [7, 11) is -5.68. The second-order valence-electron chi connectivity index (χ2n) is 25.2. The van der Waals surface area contributed by atoms with E-state index in [0.29, 0.717) is 67.2 Å². The van der Waals surface area contributed by atoms with Gasteiger partial charge in [-0.1, -0.05) is 25.7 Å². The molecule has 0 saturated heterocycles. The first-order chi connectivity index (χ1) is 43.9. The van der Waals surface area contributed by atoms with Gasteiger partial charge in [0.25, 0.3) is 0 Å². The van der Waals surface area contributed by atoms with E-state index in [1.807, 2.05) is 33.9 Å². The number of ether oxygens (including phenoxy) is 8. The van der Waals surface area contributed by atoms with Gasteiger partial charge in [-0.2, -0.15) is 46.8 Å². The zero-order valence-electron chi connectivity index (χ0n) is 56.4. The number of halogens is 3. The summed E-state index contributed by atoms with van der Waals surface area (Å²) in [5.74, 6) is -1.36. The second-order valence-corrected chi connectivity index (χ2v) is 26.8. The molecule has 0 bridgehead atoms. The molecule has 2 aliphatic carbocycles. The Kier molecular flexibility index (Phi) is 29.1. The summed E-state index contributed by atoms with van der Waals surface area (Å²) < 4.78 is 109. The molecular weight excluding hydrogens is 1250 g/mol. The van der Waals surface area contributed by atoms with Gasteiger partial charge >= 0.3 is 40.0 Å². The fourth-order valence-electron chi connectivity index (χ4n) is 9.57. The summed E-state index contributed by atoms with van der Waals surface area (Å²) in [6.07, 6.45) is 14.7. The molecule has 518 valence electrons. The Morgan fingerprint density at radius 1 is 0.713 bits per heavy atom. The molecule has 27 nitrogen and oxygen atoms in total. The fraction of sp³-hybridized carbons (Fsp3) is 0.619. The molecule has 0 radical (unpaired) electrons. The van der Waals surface area contributed by atoms with E-state index < -0.39 is 92.6 Å². The maximum Gasteiger partial charge on any atom is 0.534 e. The number of rotatable bonds is 21. The molecule has 2 saturated carbocycles. The van der Waals surface area contributed by atoms with Crippen molar-refractivity contribution in [3.8, 4) is 17.3 Å². The number of alkyl halides is 3. The molecular formula is C63H89F3N12O15S. The smallest absolute Gasteiger partial charge is 0.443 e. The van der Waals surface area contributed by atoms with E-state index >= 15 is 0 Å². The van der Waals surface area contributed by atoms with Crippen LogP contribution in [0, 0.1) is 29.7 Å². The van der Waals surface area contributed by atoms with Crippen molar-refractivity contribution in [3.63, 3.8) is 0 Å². The van der Waals surface area contributed by atoms with Crippen LogP contribution in [-0.4, -0.2) is 140 Å². The van der Waals surface area contributed by atoms with Crippen LogP contribution >= 0.6 is 0 Å². The number of imide groups is 2. The van der Waals surface area contributed by atoms with Crippen molar-refractivity contribution in [1.29, 1.82) is 5.26 Å². The Morgan fingerprint density at radius 3 is 1.63 bits per heavy atom. The van der Waals surface area contributed by atoms with E-state index in [1.54, 1.807) is 106 Å². The monoisotopic (exact) mass is 1340 g/mol. The summed E-state index contributed by atoms with van der Waals surface area (Å²) in [5, 5.41) is 19.8. The topological polar surface area (TPSA) is 318 Å². The number of hydrogen-bond donors (Lipinski definition) is 1. The van der Waals surface area contributed by atoms with Crippen molar-refractivity contribution in [1.82, 2.24) is 39.9 Å². The van der Waals surface area contributed by atoms with E-state index in [-0.39, 0.29) is 24.0 Å². The minimum Gasteiger partial charge on any atom is -0.443 e. The van der Waals surface area contributed by atoms with Gasteiger partial charge in [-0.25, -0.2) is 44.0 Å². The van der Waals surface area contributed by atoms with Crippen LogP contribution < -0.4 is 9.80 Å². The molecule has 4 aromatic rings. The second kappa shape index (κ2) is 34.9. The normalized spacial score (nSPS) is 14.8. The Balaban J connectivity index is 0.000000327. The molecule has 0 aromatic carbocycles. The molecule has 4 amide bonds. The standard InChI is InChI=1S/C31H44N6O6.C23H35N5O6.C9H10F3NO3S/c1-10-40-27(41-11-2)25(22-16-35-36(19-22)24(18-32-9)21-14-12-13-15-21)23-17-33-20-34-26(23)37(28(38)42-30(3,4)5)29(39)43-31(6,7)8;1-9-31-17(32-10-2)11-16-18(15-12-26-27-13-15)24-14-25-19(16)28(20(29)33-22(3,4)5)21(30)34-23(6,7)8;10-9(11,12)17(14,15)16-8(5-6-13)7-3-1-2-4-7/h16-21,25,27H,10-15H2,1-8H3;12-14,17H,9-11H2,1-8H3,(H,26,27);5,7H,1-4H2/b24-18-;;. The van der Waals surface area contributed by atoms with Gasteiger partial charge in [-0.05, 0) is 142 Å². The minimum absolute atomic E-state index is 0.0131. The van der Waals surface area contributed by atoms with Crippen molar-refractivity contribution in [3.05, 3.63) is 89.8 Å². The molecule has 4 heterocycles. The molecule has 1 atom stereocenters. The largest absolute Gasteiger partial charge is 0.534 e. The lowest BCUT2D eigenvalue weighted by Gasteiger charge is -2.31. The fourth-order valence-corrected chi connectivity index (χ4v) is 10.1. The number of anilines is 2. The summed E-state index contributed by atoms with van der Waals surface area (Å²) in [4.78, 5) is 76.0. The molecule has 0 aliphatic heterocycles. The van der Waals surface area contributed by atoms with Gasteiger partial charge in [0, 0.05) is 85.3 Å². The van der Waals surface area contributed by atoms with Crippen molar-refractivity contribution < 1.29 is 82.8 Å². The lowest BCUT2D eigenvalue weighted by Crippen LogP contribution is -2.45. The number of allylic oxidation sites excluding steroid dienone is 3. The number of nitrogens with zero attached hydrogens (tertiary/aromatic N) is 11. The van der Waals surface area contributed by atoms with Crippen LogP contribution in [0.1, 0.15) is 185 Å². The highest BCUT2D eigenvalue weighted by Crippen LogP contribution is 2.40. The zero-order chi connectivity index (χ0) is 70.4. The summed E-state index contributed by atoms with van der Waals surface area (Å²) in [5.41, 5.74) is -5.64. The lowest BCUT2D eigenvalue weighted by molar-refractivity contribution is -0.143. The number of carbonyl (C=O) groups excluding carboxylic acids is 4. The average Bonchev–Trinajstić information content (AvgIpc) is 1.16. The first-order valence-corrected chi connectivity index (χ1v) is 32.2. The number of aromatic nitrogens is 8. The molecule has 94 heavy (non-hydrogen) atoms. The van der Waals surface area contributed by atoms with E-state index in [4.69, 9.17) is 49.7 Å². The number of carbonyl (C=O) groups is 4. The number of aromatic amines is 1. The number of hydrogen-bond acceptors (Lipinski definition) is 22. The number of nitrogens with one attached hydrogen (secondary N) is 1. The van der Waals surface area contributed by atoms with Crippen molar-refractivity contribution in [2.75, 3.05) is 36.2 Å². The minimum atomic E-state index is -5.68. The lowest BCUT2D eigenvalue weighted by atomic mass is 9.93. The van der Waals surface area contributed by atoms with E-state index in [0.717, 1.165) is 60.1 Å². The van der Waals surface area contributed by atoms with Gasteiger partial charge in [-0.15, -0.1) is 0 Å². The Labute approximate surface area is 548 Å². The third-order valence-corrected chi connectivity index (χ3v) is 14.1.